The van der Waals surface area contributed by atoms with Crippen molar-refractivity contribution in [2.75, 3.05) is 0 Å². The van der Waals surface area contributed by atoms with Crippen molar-refractivity contribution in [3.63, 3.8) is 0 Å². The molecule has 1 saturated carbocycles. The lowest BCUT2D eigenvalue weighted by molar-refractivity contribution is -0.156. The Morgan fingerprint density at radius 2 is 1.88 bits per heavy atom. The van der Waals surface area contributed by atoms with Crippen molar-refractivity contribution in [3.05, 3.63) is 71.4 Å². The monoisotopic (exact) mass is 459 g/mol. The van der Waals surface area contributed by atoms with Gasteiger partial charge in [0.25, 0.3) is 0 Å². The Kier molecular flexibility index (Phi) is 6.26. The number of esters is 1. The summed E-state index contributed by atoms with van der Waals surface area (Å²) in [6, 6.07) is 17.1. The maximum atomic E-state index is 11.8. The van der Waals surface area contributed by atoms with Crippen molar-refractivity contribution in [1.82, 2.24) is 4.98 Å². The van der Waals surface area contributed by atoms with Gasteiger partial charge in [-0.25, -0.2) is 0 Å². The van der Waals surface area contributed by atoms with Crippen molar-refractivity contribution >= 4 is 34.7 Å². The van der Waals surface area contributed by atoms with E-state index in [0.29, 0.717) is 18.3 Å². The number of para-hydroxylation sites is 1. The van der Waals surface area contributed by atoms with Crippen molar-refractivity contribution in [2.45, 2.75) is 73.4 Å². The predicted molar refractivity (Wildman–Crippen MR) is 133 cm³/mol. The number of hydrogen-bond acceptors (Lipinski definition) is 5. The summed E-state index contributed by atoms with van der Waals surface area (Å²) in [6.45, 7) is 4.41. The van der Waals surface area contributed by atoms with Crippen molar-refractivity contribution in [1.29, 1.82) is 0 Å². The van der Waals surface area contributed by atoms with E-state index in [1.165, 1.54) is 15.4 Å². The van der Waals surface area contributed by atoms with Gasteiger partial charge in [0.2, 0.25) is 0 Å². The first-order chi connectivity index (χ1) is 16.0. The van der Waals surface area contributed by atoms with Crippen LogP contribution in [0.5, 0.6) is 0 Å². The normalized spacial score (nSPS) is 21.2. The van der Waals surface area contributed by atoms with Crippen molar-refractivity contribution < 1.29 is 14.6 Å². The first-order valence-electron chi connectivity index (χ1n) is 11.7. The van der Waals surface area contributed by atoms with Gasteiger partial charge in [-0.1, -0.05) is 62.0 Å². The third-order valence-electron chi connectivity index (χ3n) is 6.31. The second-order valence-electron chi connectivity index (χ2n) is 9.34. The van der Waals surface area contributed by atoms with Crippen LogP contribution in [0.3, 0.4) is 0 Å². The smallest absolute Gasteiger partial charge is 0.309 e. The Morgan fingerprint density at radius 1 is 1.12 bits per heavy atom. The maximum Gasteiger partial charge on any atom is 0.309 e. The minimum atomic E-state index is -0.646. The van der Waals surface area contributed by atoms with Gasteiger partial charge in [-0.3, -0.25) is 9.78 Å². The zero-order valence-corrected chi connectivity index (χ0v) is 19.8. The Hall–Kier alpha value is -2.63. The first-order valence-corrected chi connectivity index (χ1v) is 12.6. The van der Waals surface area contributed by atoms with Crippen molar-refractivity contribution in [2.24, 2.45) is 0 Å². The number of nitrogens with zero attached hydrogens (tertiary/aromatic N) is 1. The molecule has 1 aliphatic heterocycles. The fraction of sp³-hybridized carbons (Fsp3) is 0.357. The molecule has 0 radical (unpaired) electrons. The Bertz CT molecular complexity index is 1200. The number of cyclic esters (lactones) is 1. The minimum Gasteiger partial charge on any atom is -0.458 e. The second-order valence-corrected chi connectivity index (χ2v) is 10.4. The van der Waals surface area contributed by atoms with E-state index in [2.05, 4.69) is 62.4 Å². The van der Waals surface area contributed by atoms with Gasteiger partial charge in [-0.2, -0.15) is 0 Å². The van der Waals surface area contributed by atoms with Gasteiger partial charge in [0.15, 0.2) is 0 Å². The highest BCUT2D eigenvalue weighted by Crippen LogP contribution is 2.46. The van der Waals surface area contributed by atoms with Crippen LogP contribution in [-0.2, 0) is 9.53 Å². The highest BCUT2D eigenvalue weighted by molar-refractivity contribution is 7.99. The highest BCUT2D eigenvalue weighted by Gasteiger charge is 2.30. The van der Waals surface area contributed by atoms with Crippen LogP contribution in [0, 0.1) is 0 Å². The number of aliphatic hydroxyl groups excluding tert-OH is 1. The van der Waals surface area contributed by atoms with Crippen LogP contribution in [0.15, 0.2) is 64.4 Å². The lowest BCUT2D eigenvalue weighted by Gasteiger charge is -2.23. The molecule has 0 bridgehead atoms. The lowest BCUT2D eigenvalue weighted by Crippen LogP contribution is -2.31. The number of rotatable bonds is 6. The number of hydrogen-bond donors (Lipinski definition) is 1. The van der Waals surface area contributed by atoms with E-state index in [1.54, 1.807) is 11.8 Å². The highest BCUT2D eigenvalue weighted by atomic mass is 32.2. The molecule has 1 aliphatic carbocycles. The summed E-state index contributed by atoms with van der Waals surface area (Å²) >= 11 is 1.76. The second kappa shape index (κ2) is 9.32. The van der Waals surface area contributed by atoms with Crippen LogP contribution in [0.2, 0.25) is 0 Å². The van der Waals surface area contributed by atoms with Gasteiger partial charge < -0.3 is 9.84 Å². The maximum absolute atomic E-state index is 11.8. The van der Waals surface area contributed by atoms with Crippen LogP contribution >= 0.6 is 11.8 Å². The van der Waals surface area contributed by atoms with Gasteiger partial charge in [0.05, 0.1) is 23.7 Å². The molecule has 4 nitrogen and oxygen atoms in total. The summed E-state index contributed by atoms with van der Waals surface area (Å²) in [7, 11) is 0. The molecule has 2 heterocycles. The summed E-state index contributed by atoms with van der Waals surface area (Å²) in [5, 5.41) is 11.1. The van der Waals surface area contributed by atoms with Gasteiger partial charge in [-0.15, -0.1) is 0 Å². The molecule has 1 aromatic heterocycles. The Balaban J connectivity index is 1.58. The van der Waals surface area contributed by atoms with E-state index >= 15 is 0 Å². The fourth-order valence-corrected chi connectivity index (χ4v) is 5.40. The molecule has 0 spiro atoms. The van der Waals surface area contributed by atoms with Crippen LogP contribution in [0.1, 0.15) is 68.2 Å². The molecule has 0 amide bonds. The standard InChI is InChI=1S/C28H29NO3S/c1-17(2)18-9-12-22(13-10-18)33-28-23-5-3-4-6-25(23)29-27(19-7-8-19)24(28)14-11-21-15-20(30)16-26(31)32-21/h3-6,9-14,17,19-21,30H,7-8,15-16H2,1-2H3/b14-11+/t20-,21-/m1/s1. The molecule has 5 rings (SSSR count). The van der Waals surface area contributed by atoms with E-state index in [9.17, 15) is 9.90 Å². The average Bonchev–Trinajstić information content (AvgIpc) is 3.63. The zero-order chi connectivity index (χ0) is 22.9. The van der Waals surface area contributed by atoms with Crippen LogP contribution < -0.4 is 0 Å². The van der Waals surface area contributed by atoms with Crippen LogP contribution in [0.25, 0.3) is 17.0 Å². The van der Waals surface area contributed by atoms with E-state index in [1.807, 2.05) is 12.1 Å². The minimum absolute atomic E-state index is 0.0721. The molecular weight excluding hydrogens is 430 g/mol. The molecule has 2 fully saturated rings. The molecule has 1 N–H and O–H groups in total. The van der Waals surface area contributed by atoms with E-state index < -0.39 is 12.2 Å². The SMILES string of the molecule is CC(C)c1ccc(Sc2c(/C=C/[C@@H]3C[C@@H](O)CC(=O)O3)c(C3CC3)nc3ccccc23)cc1. The number of carbonyl (C=O) groups is 1. The zero-order valence-electron chi connectivity index (χ0n) is 19.0. The van der Waals surface area contributed by atoms with E-state index in [0.717, 1.165) is 35.0 Å². The lowest BCUT2D eigenvalue weighted by atomic mass is 10.0. The molecule has 3 aromatic rings. The molecule has 5 heteroatoms. The van der Waals surface area contributed by atoms with Crippen LogP contribution in [0.4, 0.5) is 0 Å². The summed E-state index contributed by atoms with van der Waals surface area (Å²) in [5.41, 5.74) is 4.56. The first kappa shape index (κ1) is 22.2. The number of ether oxygens (including phenoxy) is 1. The molecule has 2 atom stereocenters. The number of pyridine rings is 1. The Morgan fingerprint density at radius 3 is 2.58 bits per heavy atom. The summed E-state index contributed by atoms with van der Waals surface area (Å²) in [6.07, 6.45) is 5.73. The molecule has 0 unspecified atom stereocenters. The van der Waals surface area contributed by atoms with Gasteiger partial charge in [0, 0.05) is 33.1 Å². The number of aromatic nitrogens is 1. The molecule has 2 aromatic carbocycles. The summed E-state index contributed by atoms with van der Waals surface area (Å²) < 4.78 is 5.46. The molecule has 1 saturated heterocycles. The number of fused-ring (bicyclic) bond motifs is 1. The third-order valence-corrected chi connectivity index (χ3v) is 7.46. The average molecular weight is 460 g/mol. The van der Waals surface area contributed by atoms with Gasteiger partial charge in [-0.05, 0) is 48.6 Å². The summed E-state index contributed by atoms with van der Waals surface area (Å²) in [5.74, 6) is 0.623. The van der Waals surface area contributed by atoms with E-state index in [4.69, 9.17) is 9.72 Å². The van der Waals surface area contributed by atoms with Gasteiger partial charge in [0.1, 0.15) is 6.10 Å². The molecular formula is C28H29NO3S. The largest absolute Gasteiger partial charge is 0.458 e. The topological polar surface area (TPSA) is 59.4 Å². The number of aliphatic hydroxyl groups is 1. The fourth-order valence-electron chi connectivity index (χ4n) is 4.32. The number of benzene rings is 2. The molecule has 2 aliphatic rings. The summed E-state index contributed by atoms with van der Waals surface area (Å²) in [4.78, 5) is 19.2. The van der Waals surface area contributed by atoms with Gasteiger partial charge >= 0.3 is 5.97 Å². The van der Waals surface area contributed by atoms with Crippen LogP contribution in [-0.4, -0.2) is 28.3 Å². The quantitative estimate of drug-likeness (QED) is 0.428. The number of carbonyl (C=O) groups excluding carboxylic acids is 1. The third kappa shape index (κ3) is 4.99. The molecule has 170 valence electrons. The predicted octanol–water partition coefficient (Wildman–Crippen LogP) is 6.47. The van der Waals surface area contributed by atoms with Crippen molar-refractivity contribution in [3.8, 4) is 0 Å². The molecule has 33 heavy (non-hydrogen) atoms. The Labute approximate surface area is 199 Å². The van der Waals surface area contributed by atoms with E-state index in [-0.39, 0.29) is 12.4 Å².